The lowest BCUT2D eigenvalue weighted by Crippen LogP contribution is -2.22. The molecule has 0 bridgehead atoms. The number of hydrogen-bond donors (Lipinski definition) is 1. The van der Waals surface area contributed by atoms with Crippen LogP contribution in [0.25, 0.3) is 17.0 Å². The van der Waals surface area contributed by atoms with Crippen LogP contribution in [0.4, 0.5) is 0 Å². The number of esters is 1. The highest BCUT2D eigenvalue weighted by Gasteiger charge is 2.30. The van der Waals surface area contributed by atoms with Crippen molar-refractivity contribution >= 4 is 23.0 Å². The topological polar surface area (TPSA) is 86.0 Å². The van der Waals surface area contributed by atoms with Gasteiger partial charge in [-0.1, -0.05) is 30.3 Å². The standard InChI is InChI=1S/C22H18O6/c1-26-19(23)11-16(14-10-13-6-2-4-8-17(13)27-12-14)20-21(24)15-7-3-5-9-18(15)28-22(20)25/h2-10,16,24H,11-12H2,1H3/t16-/m0/s1. The molecule has 2 aromatic carbocycles. The van der Waals surface area contributed by atoms with Crippen LogP contribution in [0.3, 0.4) is 0 Å². The van der Waals surface area contributed by atoms with Crippen LogP contribution >= 0.6 is 0 Å². The third kappa shape index (κ3) is 3.13. The van der Waals surface area contributed by atoms with E-state index in [4.69, 9.17) is 13.9 Å². The van der Waals surface area contributed by atoms with Gasteiger partial charge in [0, 0.05) is 11.5 Å². The van der Waals surface area contributed by atoms with E-state index in [-0.39, 0.29) is 29.9 Å². The predicted molar refractivity (Wildman–Crippen MR) is 103 cm³/mol. The summed E-state index contributed by atoms with van der Waals surface area (Å²) in [6, 6.07) is 14.2. The first-order valence-electron chi connectivity index (χ1n) is 8.82. The zero-order chi connectivity index (χ0) is 19.7. The lowest BCUT2D eigenvalue weighted by Gasteiger charge is -2.24. The second-order valence-corrected chi connectivity index (χ2v) is 6.53. The summed E-state index contributed by atoms with van der Waals surface area (Å²) in [5, 5.41) is 11.2. The number of rotatable bonds is 4. The first kappa shape index (κ1) is 17.9. The van der Waals surface area contributed by atoms with Gasteiger partial charge in [0.1, 0.15) is 23.7 Å². The molecule has 3 aromatic rings. The molecule has 1 aliphatic heterocycles. The minimum Gasteiger partial charge on any atom is -0.507 e. The summed E-state index contributed by atoms with van der Waals surface area (Å²) < 4.78 is 16.0. The van der Waals surface area contributed by atoms with Gasteiger partial charge in [0.25, 0.3) is 0 Å². The molecule has 0 saturated heterocycles. The summed E-state index contributed by atoms with van der Waals surface area (Å²) in [4.78, 5) is 24.8. The van der Waals surface area contributed by atoms with E-state index in [1.54, 1.807) is 24.3 Å². The van der Waals surface area contributed by atoms with Gasteiger partial charge in [-0.3, -0.25) is 4.79 Å². The maximum atomic E-state index is 12.7. The molecule has 6 nitrogen and oxygen atoms in total. The van der Waals surface area contributed by atoms with E-state index in [1.165, 1.54) is 7.11 Å². The fourth-order valence-electron chi connectivity index (χ4n) is 3.46. The molecule has 0 aliphatic carbocycles. The number of carbonyl (C=O) groups excluding carboxylic acids is 1. The Kier molecular flexibility index (Phi) is 4.61. The van der Waals surface area contributed by atoms with Crippen molar-refractivity contribution in [2.24, 2.45) is 0 Å². The highest BCUT2D eigenvalue weighted by Crippen LogP contribution is 2.39. The Morgan fingerprint density at radius 1 is 1.18 bits per heavy atom. The van der Waals surface area contributed by atoms with Crippen molar-refractivity contribution < 1.29 is 23.8 Å². The van der Waals surface area contributed by atoms with Crippen LogP contribution in [0, 0.1) is 0 Å². The van der Waals surface area contributed by atoms with Crippen LogP contribution in [-0.2, 0) is 9.53 Å². The fourth-order valence-corrected chi connectivity index (χ4v) is 3.46. The van der Waals surface area contributed by atoms with Gasteiger partial charge in [-0.2, -0.15) is 0 Å². The van der Waals surface area contributed by atoms with E-state index >= 15 is 0 Å². The van der Waals surface area contributed by atoms with E-state index in [0.29, 0.717) is 11.0 Å². The fraction of sp³-hybridized carbons (Fsp3) is 0.182. The number of hydrogen-bond acceptors (Lipinski definition) is 6. The number of carbonyl (C=O) groups is 1. The number of fused-ring (bicyclic) bond motifs is 2. The summed E-state index contributed by atoms with van der Waals surface area (Å²) >= 11 is 0. The van der Waals surface area contributed by atoms with Crippen molar-refractivity contribution in [3.05, 3.63) is 75.7 Å². The average molecular weight is 378 g/mol. The van der Waals surface area contributed by atoms with Gasteiger partial charge in [0.15, 0.2) is 0 Å². The van der Waals surface area contributed by atoms with Crippen LogP contribution in [0.15, 0.2) is 63.3 Å². The summed E-state index contributed by atoms with van der Waals surface area (Å²) in [6.07, 6.45) is 1.75. The summed E-state index contributed by atoms with van der Waals surface area (Å²) in [5.41, 5.74) is 1.14. The summed E-state index contributed by atoms with van der Waals surface area (Å²) in [5.74, 6) is -0.711. The van der Waals surface area contributed by atoms with Gasteiger partial charge >= 0.3 is 11.6 Å². The molecular formula is C22H18O6. The summed E-state index contributed by atoms with van der Waals surface area (Å²) in [7, 11) is 1.28. The van der Waals surface area contributed by atoms with Crippen LogP contribution in [0.1, 0.15) is 23.5 Å². The van der Waals surface area contributed by atoms with Gasteiger partial charge in [0.05, 0.1) is 24.5 Å². The lowest BCUT2D eigenvalue weighted by molar-refractivity contribution is -0.140. The van der Waals surface area contributed by atoms with E-state index in [0.717, 1.165) is 11.3 Å². The Morgan fingerprint density at radius 2 is 1.93 bits per heavy atom. The number of methoxy groups -OCH3 is 1. The van der Waals surface area contributed by atoms with Crippen molar-refractivity contribution in [1.82, 2.24) is 0 Å². The highest BCUT2D eigenvalue weighted by atomic mass is 16.5. The van der Waals surface area contributed by atoms with Crippen molar-refractivity contribution in [3.8, 4) is 11.5 Å². The number of ether oxygens (including phenoxy) is 2. The Bertz CT molecular complexity index is 1140. The molecule has 1 N–H and O–H groups in total. The molecule has 0 radical (unpaired) electrons. The molecule has 1 aliphatic rings. The largest absolute Gasteiger partial charge is 0.507 e. The number of aromatic hydroxyl groups is 1. The molecule has 0 unspecified atom stereocenters. The van der Waals surface area contributed by atoms with E-state index < -0.39 is 17.5 Å². The van der Waals surface area contributed by atoms with E-state index in [9.17, 15) is 14.7 Å². The van der Waals surface area contributed by atoms with Gasteiger partial charge in [-0.25, -0.2) is 4.79 Å². The normalized spacial score (nSPS) is 14.0. The SMILES string of the molecule is COC(=O)C[C@@H](C1=Cc2ccccc2OC1)c1c(O)c2ccccc2oc1=O. The maximum absolute atomic E-state index is 12.7. The van der Waals surface area contributed by atoms with E-state index in [1.807, 2.05) is 30.3 Å². The van der Waals surface area contributed by atoms with Crippen LogP contribution in [0.5, 0.6) is 11.5 Å². The third-order valence-electron chi connectivity index (χ3n) is 4.87. The molecule has 2 heterocycles. The molecular weight excluding hydrogens is 360 g/mol. The van der Waals surface area contributed by atoms with Crippen molar-refractivity contribution in [3.63, 3.8) is 0 Å². The third-order valence-corrected chi connectivity index (χ3v) is 4.87. The van der Waals surface area contributed by atoms with Crippen molar-refractivity contribution in [1.29, 1.82) is 0 Å². The maximum Gasteiger partial charge on any atom is 0.343 e. The minimum atomic E-state index is -0.735. The molecule has 0 fully saturated rings. The lowest BCUT2D eigenvalue weighted by atomic mass is 9.86. The minimum absolute atomic E-state index is 0.0262. The number of benzene rings is 2. The zero-order valence-corrected chi connectivity index (χ0v) is 15.2. The van der Waals surface area contributed by atoms with Crippen LogP contribution in [0.2, 0.25) is 0 Å². The molecule has 142 valence electrons. The van der Waals surface area contributed by atoms with Crippen molar-refractivity contribution in [2.75, 3.05) is 13.7 Å². The molecule has 0 spiro atoms. The molecule has 0 saturated carbocycles. The predicted octanol–water partition coefficient (Wildman–Crippen LogP) is 3.62. The molecule has 4 rings (SSSR count). The Morgan fingerprint density at radius 3 is 2.75 bits per heavy atom. The Hall–Kier alpha value is -3.54. The van der Waals surface area contributed by atoms with E-state index in [2.05, 4.69) is 0 Å². The second-order valence-electron chi connectivity index (χ2n) is 6.53. The first-order chi connectivity index (χ1) is 13.6. The summed E-state index contributed by atoms with van der Waals surface area (Å²) in [6.45, 7) is 0.185. The van der Waals surface area contributed by atoms with Gasteiger partial charge in [0.2, 0.25) is 0 Å². The zero-order valence-electron chi connectivity index (χ0n) is 15.2. The molecule has 1 aromatic heterocycles. The van der Waals surface area contributed by atoms with Gasteiger partial charge < -0.3 is 19.0 Å². The monoisotopic (exact) mass is 378 g/mol. The van der Waals surface area contributed by atoms with Gasteiger partial charge in [-0.15, -0.1) is 0 Å². The Balaban J connectivity index is 1.89. The van der Waals surface area contributed by atoms with Crippen molar-refractivity contribution in [2.45, 2.75) is 12.3 Å². The average Bonchev–Trinajstić information content (AvgIpc) is 2.72. The molecule has 6 heteroatoms. The van der Waals surface area contributed by atoms with Gasteiger partial charge in [-0.05, 0) is 29.8 Å². The first-order valence-corrected chi connectivity index (χ1v) is 8.82. The highest BCUT2D eigenvalue weighted by molar-refractivity contribution is 5.85. The molecule has 0 amide bonds. The number of para-hydroxylation sites is 2. The Labute approximate surface area is 160 Å². The smallest absolute Gasteiger partial charge is 0.343 e. The van der Waals surface area contributed by atoms with Crippen LogP contribution in [-0.4, -0.2) is 24.8 Å². The second kappa shape index (κ2) is 7.23. The molecule has 28 heavy (non-hydrogen) atoms. The quantitative estimate of drug-likeness (QED) is 0.551. The molecule has 1 atom stereocenters. The van der Waals surface area contributed by atoms with Crippen LogP contribution < -0.4 is 10.4 Å².